The molecule has 0 amide bonds. The van der Waals surface area contributed by atoms with E-state index < -0.39 is 10.1 Å². The van der Waals surface area contributed by atoms with E-state index in [-0.39, 0.29) is 17.3 Å². The predicted molar refractivity (Wildman–Crippen MR) is 86.1 cm³/mol. The Kier molecular flexibility index (Phi) is 5.99. The van der Waals surface area contributed by atoms with Crippen molar-refractivity contribution < 1.29 is 17.0 Å². The van der Waals surface area contributed by atoms with Crippen LogP contribution >= 0.6 is 11.8 Å². The van der Waals surface area contributed by atoms with E-state index in [1.165, 1.54) is 36.0 Å². The summed E-state index contributed by atoms with van der Waals surface area (Å²) in [4.78, 5) is 1.12. The SMILES string of the molecule is Cc1ccc(S(=O)(=O)OCCCSc2ccc(F)cc2)cc1. The van der Waals surface area contributed by atoms with Crippen LogP contribution in [0.2, 0.25) is 0 Å². The van der Waals surface area contributed by atoms with Crippen LogP contribution in [-0.2, 0) is 14.3 Å². The lowest BCUT2D eigenvalue weighted by Gasteiger charge is -2.06. The van der Waals surface area contributed by atoms with E-state index in [1.807, 2.05) is 6.92 Å². The highest BCUT2D eigenvalue weighted by Gasteiger charge is 2.14. The molecule has 0 aliphatic rings. The van der Waals surface area contributed by atoms with Gasteiger partial charge in [-0.3, -0.25) is 4.18 Å². The first-order valence-corrected chi connectivity index (χ1v) is 9.21. The van der Waals surface area contributed by atoms with Crippen molar-refractivity contribution in [3.8, 4) is 0 Å². The van der Waals surface area contributed by atoms with Crippen molar-refractivity contribution in [1.82, 2.24) is 0 Å². The van der Waals surface area contributed by atoms with Gasteiger partial charge in [0.15, 0.2) is 0 Å². The van der Waals surface area contributed by atoms with Crippen molar-refractivity contribution in [3.05, 3.63) is 59.9 Å². The third kappa shape index (κ3) is 5.12. The van der Waals surface area contributed by atoms with Crippen molar-refractivity contribution in [2.75, 3.05) is 12.4 Å². The third-order valence-electron chi connectivity index (χ3n) is 2.92. The van der Waals surface area contributed by atoms with E-state index in [0.717, 1.165) is 10.5 Å². The van der Waals surface area contributed by atoms with Gasteiger partial charge < -0.3 is 0 Å². The normalized spacial score (nSPS) is 11.5. The van der Waals surface area contributed by atoms with Crippen LogP contribution < -0.4 is 0 Å². The van der Waals surface area contributed by atoms with Gasteiger partial charge in [-0.25, -0.2) is 4.39 Å². The number of aryl methyl sites for hydroxylation is 1. The van der Waals surface area contributed by atoms with Crippen LogP contribution in [0.4, 0.5) is 4.39 Å². The van der Waals surface area contributed by atoms with E-state index in [2.05, 4.69) is 0 Å². The molecule has 0 spiro atoms. The van der Waals surface area contributed by atoms with Gasteiger partial charge in [0.05, 0.1) is 11.5 Å². The first-order chi connectivity index (χ1) is 10.5. The van der Waals surface area contributed by atoms with Gasteiger partial charge in [0.25, 0.3) is 10.1 Å². The number of halogens is 1. The quantitative estimate of drug-likeness (QED) is 0.434. The van der Waals surface area contributed by atoms with Crippen LogP contribution in [0.3, 0.4) is 0 Å². The maximum atomic E-state index is 12.8. The van der Waals surface area contributed by atoms with Gasteiger partial charge in [0.1, 0.15) is 5.82 Å². The monoisotopic (exact) mass is 340 g/mol. The summed E-state index contributed by atoms with van der Waals surface area (Å²) >= 11 is 1.54. The van der Waals surface area contributed by atoms with E-state index in [1.54, 1.807) is 24.3 Å². The van der Waals surface area contributed by atoms with E-state index in [9.17, 15) is 12.8 Å². The molecule has 6 heteroatoms. The molecule has 2 aromatic rings. The molecule has 0 fully saturated rings. The van der Waals surface area contributed by atoms with Crippen LogP contribution in [0.1, 0.15) is 12.0 Å². The van der Waals surface area contributed by atoms with Crippen LogP contribution in [0, 0.1) is 12.7 Å². The summed E-state index contributed by atoms with van der Waals surface area (Å²) in [5, 5.41) is 0. The van der Waals surface area contributed by atoms with Crippen LogP contribution in [0.15, 0.2) is 58.3 Å². The van der Waals surface area contributed by atoms with Crippen LogP contribution in [-0.4, -0.2) is 20.8 Å². The minimum atomic E-state index is -3.69. The Morgan fingerprint density at radius 3 is 2.32 bits per heavy atom. The van der Waals surface area contributed by atoms with E-state index in [0.29, 0.717) is 12.2 Å². The van der Waals surface area contributed by atoms with Gasteiger partial charge in [-0.15, -0.1) is 11.8 Å². The van der Waals surface area contributed by atoms with E-state index in [4.69, 9.17) is 4.18 Å². The molecule has 0 aromatic heterocycles. The van der Waals surface area contributed by atoms with Gasteiger partial charge in [-0.05, 0) is 49.7 Å². The fraction of sp³-hybridized carbons (Fsp3) is 0.250. The number of hydrogen-bond acceptors (Lipinski definition) is 4. The Labute approximate surface area is 134 Å². The predicted octanol–water partition coefficient (Wildman–Crippen LogP) is 4.02. The fourth-order valence-electron chi connectivity index (χ4n) is 1.72. The summed E-state index contributed by atoms with van der Waals surface area (Å²) in [6, 6.07) is 12.8. The van der Waals surface area contributed by atoms with Gasteiger partial charge in [0, 0.05) is 10.6 Å². The lowest BCUT2D eigenvalue weighted by molar-refractivity contribution is 0.319. The van der Waals surface area contributed by atoms with Crippen molar-refractivity contribution >= 4 is 21.9 Å². The van der Waals surface area contributed by atoms with Gasteiger partial charge >= 0.3 is 0 Å². The second-order valence-electron chi connectivity index (χ2n) is 4.75. The Morgan fingerprint density at radius 2 is 1.68 bits per heavy atom. The number of hydrogen-bond donors (Lipinski definition) is 0. The molecule has 3 nitrogen and oxygen atoms in total. The zero-order valence-corrected chi connectivity index (χ0v) is 13.8. The molecule has 0 N–H and O–H groups in total. The second kappa shape index (κ2) is 7.76. The van der Waals surface area contributed by atoms with Crippen LogP contribution in [0.5, 0.6) is 0 Å². The summed E-state index contributed by atoms with van der Waals surface area (Å²) in [5.41, 5.74) is 0.995. The summed E-state index contributed by atoms with van der Waals surface area (Å²) in [6.07, 6.45) is 0.590. The fourth-order valence-corrected chi connectivity index (χ4v) is 3.49. The standard InChI is InChI=1S/C16H17FO3S2/c1-13-3-9-16(10-4-13)22(18,19)20-11-2-12-21-15-7-5-14(17)6-8-15/h3-10H,2,11-12H2,1H3. The molecule has 22 heavy (non-hydrogen) atoms. The Bertz CT molecular complexity index is 695. The van der Waals surface area contributed by atoms with Crippen LogP contribution in [0.25, 0.3) is 0 Å². The van der Waals surface area contributed by atoms with Gasteiger partial charge in [-0.2, -0.15) is 8.42 Å². The molecule has 0 saturated carbocycles. The summed E-state index contributed by atoms with van der Waals surface area (Å²) in [6.45, 7) is 2.02. The molecular formula is C16H17FO3S2. The van der Waals surface area contributed by atoms with Gasteiger partial charge in [-0.1, -0.05) is 17.7 Å². The maximum Gasteiger partial charge on any atom is 0.296 e. The topological polar surface area (TPSA) is 43.4 Å². The molecule has 0 heterocycles. The number of thioether (sulfide) groups is 1. The largest absolute Gasteiger partial charge is 0.296 e. The Balaban J connectivity index is 1.76. The number of benzene rings is 2. The summed E-state index contributed by atoms with van der Waals surface area (Å²) in [7, 11) is -3.69. The molecule has 0 unspecified atom stereocenters. The van der Waals surface area contributed by atoms with Gasteiger partial charge in [0.2, 0.25) is 0 Å². The first-order valence-electron chi connectivity index (χ1n) is 6.82. The summed E-state index contributed by atoms with van der Waals surface area (Å²) < 4.78 is 41.6. The molecular weight excluding hydrogens is 323 g/mol. The Morgan fingerprint density at radius 1 is 1.05 bits per heavy atom. The highest BCUT2D eigenvalue weighted by Crippen LogP contribution is 2.19. The molecule has 2 rings (SSSR count). The van der Waals surface area contributed by atoms with Crippen molar-refractivity contribution in [3.63, 3.8) is 0 Å². The molecule has 0 atom stereocenters. The smallest absolute Gasteiger partial charge is 0.266 e. The summed E-state index contributed by atoms with van der Waals surface area (Å²) in [5.74, 6) is 0.437. The minimum absolute atomic E-state index is 0.129. The average molecular weight is 340 g/mol. The van der Waals surface area contributed by atoms with Crippen molar-refractivity contribution in [1.29, 1.82) is 0 Å². The molecule has 0 aliphatic carbocycles. The maximum absolute atomic E-state index is 12.8. The molecule has 0 radical (unpaired) electrons. The molecule has 0 saturated heterocycles. The molecule has 118 valence electrons. The molecule has 0 aliphatic heterocycles. The lowest BCUT2D eigenvalue weighted by atomic mass is 10.2. The first kappa shape index (κ1) is 17.0. The lowest BCUT2D eigenvalue weighted by Crippen LogP contribution is -2.08. The van der Waals surface area contributed by atoms with E-state index >= 15 is 0 Å². The minimum Gasteiger partial charge on any atom is -0.266 e. The molecule has 0 bridgehead atoms. The van der Waals surface area contributed by atoms with Crippen molar-refractivity contribution in [2.45, 2.75) is 23.1 Å². The third-order valence-corrected chi connectivity index (χ3v) is 5.34. The number of rotatable bonds is 7. The highest BCUT2D eigenvalue weighted by atomic mass is 32.2. The second-order valence-corrected chi connectivity index (χ2v) is 7.53. The average Bonchev–Trinajstić information content (AvgIpc) is 2.49. The Hall–Kier alpha value is -1.37. The zero-order chi connectivity index (χ0) is 16.0. The highest BCUT2D eigenvalue weighted by molar-refractivity contribution is 7.99. The van der Waals surface area contributed by atoms with Crippen molar-refractivity contribution in [2.24, 2.45) is 0 Å². The molecule has 2 aromatic carbocycles. The zero-order valence-electron chi connectivity index (χ0n) is 12.2.